The smallest absolute Gasteiger partial charge is 0.335 e. The van der Waals surface area contributed by atoms with Crippen molar-refractivity contribution < 1.29 is 24.5 Å². The topological polar surface area (TPSA) is 125 Å². The minimum Gasteiger partial charge on any atom is -0.490 e. The quantitative estimate of drug-likeness (QED) is 0.134. The van der Waals surface area contributed by atoms with Crippen LogP contribution in [0.1, 0.15) is 35.3 Å². The zero-order valence-corrected chi connectivity index (χ0v) is 25.9. The Balaban J connectivity index is 0.000000440. The van der Waals surface area contributed by atoms with E-state index >= 15 is 0 Å². The number of para-hydroxylation sites is 1. The number of aromatic nitrogens is 1. The molecule has 0 saturated carbocycles. The number of carboxylic acid groups (broad SMARTS) is 1. The van der Waals surface area contributed by atoms with Gasteiger partial charge in [-0.3, -0.25) is 0 Å². The largest absolute Gasteiger partial charge is 0.490 e. The maximum atomic E-state index is 10.6. The van der Waals surface area contributed by atoms with E-state index < -0.39 is 12.1 Å². The van der Waals surface area contributed by atoms with Gasteiger partial charge in [-0.15, -0.1) is 11.3 Å². The second-order valence-electron chi connectivity index (χ2n) is 10.8. The van der Waals surface area contributed by atoms with Gasteiger partial charge in [0.15, 0.2) is 0 Å². The zero-order chi connectivity index (χ0) is 32.1. The predicted octanol–water partition coefficient (Wildman–Crippen LogP) is 7.21. The number of aliphatic hydroxyl groups is 1. The average Bonchev–Trinajstić information content (AvgIpc) is 3.60. The number of carbonyl (C=O) groups is 1. The van der Waals surface area contributed by atoms with Gasteiger partial charge in [-0.05, 0) is 85.8 Å². The molecule has 0 fully saturated rings. The lowest BCUT2D eigenvalue weighted by molar-refractivity contribution is 0.0697. The minimum absolute atomic E-state index is 0.204. The molecule has 45 heavy (non-hydrogen) atoms. The van der Waals surface area contributed by atoms with Gasteiger partial charge in [0.25, 0.3) is 0 Å². The fraction of sp³-hybridized carbons (Fsp3) is 0.194. The number of aliphatic hydroxyl groups excluding tert-OH is 1. The molecule has 0 spiro atoms. The van der Waals surface area contributed by atoms with Crippen molar-refractivity contribution in [3.63, 3.8) is 0 Å². The molecule has 0 amide bonds. The van der Waals surface area contributed by atoms with Gasteiger partial charge in [0.1, 0.15) is 35.8 Å². The van der Waals surface area contributed by atoms with Crippen LogP contribution in [-0.4, -0.2) is 46.0 Å². The molecule has 0 radical (unpaired) electrons. The van der Waals surface area contributed by atoms with Gasteiger partial charge in [0.05, 0.1) is 5.56 Å². The summed E-state index contributed by atoms with van der Waals surface area (Å²) >= 11 is 1.66. The number of pyridine rings is 1. The summed E-state index contributed by atoms with van der Waals surface area (Å²) in [5.74, 6) is 0.808. The molecule has 3 aromatic carbocycles. The van der Waals surface area contributed by atoms with E-state index in [9.17, 15) is 15.2 Å². The van der Waals surface area contributed by atoms with Gasteiger partial charge in [0, 0.05) is 28.7 Å². The highest BCUT2D eigenvalue weighted by Gasteiger charge is 2.20. The Kier molecular flexibility index (Phi) is 11.8. The number of β-amino-alcohol motifs (C(OH)–C–C–N with tert-alkyl or cyclic N) is 1. The van der Waals surface area contributed by atoms with Gasteiger partial charge in [-0.25, -0.2) is 9.78 Å². The SMILES string of the molecule is CC(C)(Cc1ccc(Oc2ncccc2C#N)cc1)NCC(O)COc1ccccc1-c1cccs1.O=C(O)c1ccccc1. The summed E-state index contributed by atoms with van der Waals surface area (Å²) in [5.41, 5.74) is 2.64. The number of hydrogen-bond donors (Lipinski definition) is 3. The fourth-order valence-electron chi connectivity index (χ4n) is 4.36. The number of aromatic carboxylic acids is 1. The molecule has 0 bridgehead atoms. The van der Waals surface area contributed by atoms with Crippen LogP contribution in [0, 0.1) is 11.3 Å². The molecule has 5 aromatic rings. The first kappa shape index (κ1) is 32.9. The number of nitrogens with zero attached hydrogens (tertiary/aromatic N) is 2. The summed E-state index contributed by atoms with van der Waals surface area (Å²) in [6, 6.07) is 33.5. The average molecular weight is 622 g/mol. The second kappa shape index (κ2) is 16.2. The Hall–Kier alpha value is -5.01. The fourth-order valence-corrected chi connectivity index (χ4v) is 5.12. The summed E-state index contributed by atoms with van der Waals surface area (Å²) in [7, 11) is 0. The summed E-state index contributed by atoms with van der Waals surface area (Å²) in [4.78, 5) is 15.5. The first-order valence-corrected chi connectivity index (χ1v) is 15.2. The lowest BCUT2D eigenvalue weighted by atomic mass is 9.94. The molecule has 1 unspecified atom stereocenters. The summed E-state index contributed by atoms with van der Waals surface area (Å²) in [6.07, 6.45) is 1.71. The Labute approximate surface area is 267 Å². The van der Waals surface area contributed by atoms with Crippen LogP contribution in [0.3, 0.4) is 0 Å². The van der Waals surface area contributed by atoms with Crippen LogP contribution in [0.15, 0.2) is 115 Å². The van der Waals surface area contributed by atoms with E-state index in [-0.39, 0.29) is 12.1 Å². The van der Waals surface area contributed by atoms with Crippen LogP contribution in [-0.2, 0) is 6.42 Å². The van der Waals surface area contributed by atoms with E-state index in [1.807, 2.05) is 60.0 Å². The standard InChI is InChI=1S/C29H29N3O3S.C7H6O2/c1-29(2,17-21-11-13-24(14-12-21)35-28-22(18-30)7-5-15-31-28)32-19-23(33)20-34-26-9-4-3-8-25(26)27-10-6-16-36-27;8-7(9)6-4-2-1-3-5-6/h3-16,23,32-33H,17,19-20H2,1-2H3;1-5H,(H,8,9). The molecule has 230 valence electrons. The van der Waals surface area contributed by atoms with E-state index in [4.69, 9.17) is 14.6 Å². The van der Waals surface area contributed by atoms with Crippen molar-refractivity contribution in [1.82, 2.24) is 10.3 Å². The molecule has 5 rings (SSSR count). The molecule has 2 heterocycles. The van der Waals surface area contributed by atoms with Crippen LogP contribution >= 0.6 is 11.3 Å². The van der Waals surface area contributed by atoms with Crippen molar-refractivity contribution in [2.75, 3.05) is 13.2 Å². The maximum Gasteiger partial charge on any atom is 0.335 e. The molecule has 9 heteroatoms. The lowest BCUT2D eigenvalue weighted by Crippen LogP contribution is -2.46. The highest BCUT2D eigenvalue weighted by atomic mass is 32.1. The molecule has 0 saturated heterocycles. The van der Waals surface area contributed by atoms with Gasteiger partial charge < -0.3 is 25.0 Å². The van der Waals surface area contributed by atoms with Crippen LogP contribution in [0.4, 0.5) is 0 Å². The first-order valence-electron chi connectivity index (χ1n) is 14.3. The zero-order valence-electron chi connectivity index (χ0n) is 25.1. The van der Waals surface area contributed by atoms with Crippen LogP contribution in [0.25, 0.3) is 10.4 Å². The molecule has 0 aliphatic rings. The second-order valence-corrected chi connectivity index (χ2v) is 11.7. The summed E-state index contributed by atoms with van der Waals surface area (Å²) in [5, 5.41) is 33.6. The number of benzene rings is 3. The number of carboxylic acids is 1. The van der Waals surface area contributed by atoms with Gasteiger partial charge in [-0.2, -0.15) is 5.26 Å². The Bertz CT molecular complexity index is 1680. The van der Waals surface area contributed by atoms with Crippen molar-refractivity contribution in [2.24, 2.45) is 0 Å². The Morgan fingerprint density at radius 3 is 2.38 bits per heavy atom. The van der Waals surface area contributed by atoms with Crippen molar-refractivity contribution in [1.29, 1.82) is 5.26 Å². The Morgan fingerprint density at radius 2 is 1.71 bits per heavy atom. The summed E-state index contributed by atoms with van der Waals surface area (Å²) in [6.45, 7) is 4.82. The van der Waals surface area contributed by atoms with Gasteiger partial charge in [0.2, 0.25) is 5.88 Å². The van der Waals surface area contributed by atoms with Gasteiger partial charge >= 0.3 is 5.97 Å². The Morgan fingerprint density at radius 1 is 0.978 bits per heavy atom. The number of hydrogen-bond acceptors (Lipinski definition) is 8. The first-order chi connectivity index (χ1) is 21.7. The van der Waals surface area contributed by atoms with E-state index in [2.05, 4.69) is 36.3 Å². The number of ether oxygens (including phenoxy) is 2. The van der Waals surface area contributed by atoms with Crippen LogP contribution in [0.5, 0.6) is 17.4 Å². The minimum atomic E-state index is -0.879. The molecular formula is C36H35N3O5S. The molecule has 3 N–H and O–H groups in total. The van der Waals surface area contributed by atoms with Crippen molar-refractivity contribution in [3.05, 3.63) is 131 Å². The maximum absolute atomic E-state index is 10.6. The lowest BCUT2D eigenvalue weighted by Gasteiger charge is -2.28. The molecule has 8 nitrogen and oxygen atoms in total. The van der Waals surface area contributed by atoms with Crippen molar-refractivity contribution in [2.45, 2.75) is 31.9 Å². The van der Waals surface area contributed by atoms with Crippen LogP contribution < -0.4 is 14.8 Å². The van der Waals surface area contributed by atoms with E-state index in [1.54, 1.807) is 60.0 Å². The molecule has 2 aromatic heterocycles. The van der Waals surface area contributed by atoms with E-state index in [1.165, 1.54) is 0 Å². The normalized spacial score (nSPS) is 11.4. The predicted molar refractivity (Wildman–Crippen MR) is 176 cm³/mol. The molecular weight excluding hydrogens is 586 g/mol. The van der Waals surface area contributed by atoms with Gasteiger partial charge in [-0.1, -0.05) is 48.5 Å². The van der Waals surface area contributed by atoms with E-state index in [0.29, 0.717) is 29.3 Å². The highest BCUT2D eigenvalue weighted by Crippen LogP contribution is 2.33. The number of nitrogens with one attached hydrogen (secondary N) is 1. The number of thiophene rings is 1. The van der Waals surface area contributed by atoms with Crippen molar-refractivity contribution >= 4 is 17.3 Å². The number of rotatable bonds is 12. The molecule has 0 aliphatic heterocycles. The number of nitriles is 1. The monoisotopic (exact) mass is 621 g/mol. The molecule has 1 atom stereocenters. The van der Waals surface area contributed by atoms with Crippen LogP contribution in [0.2, 0.25) is 0 Å². The third-order valence-electron chi connectivity index (χ3n) is 6.62. The third-order valence-corrected chi connectivity index (χ3v) is 7.52. The summed E-state index contributed by atoms with van der Waals surface area (Å²) < 4.78 is 11.7. The molecule has 0 aliphatic carbocycles. The van der Waals surface area contributed by atoms with E-state index in [0.717, 1.165) is 28.2 Å². The third kappa shape index (κ3) is 10.3. The van der Waals surface area contributed by atoms with Crippen molar-refractivity contribution in [3.8, 4) is 33.9 Å². The highest BCUT2D eigenvalue weighted by molar-refractivity contribution is 7.13.